The van der Waals surface area contributed by atoms with Crippen LogP contribution in [0.1, 0.15) is 19.8 Å². The summed E-state index contributed by atoms with van der Waals surface area (Å²) in [6.07, 6.45) is 4.31. The fourth-order valence-corrected chi connectivity index (χ4v) is 3.24. The van der Waals surface area contributed by atoms with Crippen molar-refractivity contribution in [3.05, 3.63) is 24.7 Å². The van der Waals surface area contributed by atoms with E-state index in [1.165, 1.54) is 0 Å². The number of likely N-dealkylation sites (N-methyl/N-ethyl adjacent to an activating group) is 1. The molecule has 0 bridgehead atoms. The Labute approximate surface area is 135 Å². The van der Waals surface area contributed by atoms with Crippen LogP contribution in [0.4, 0.5) is 5.82 Å². The molecule has 1 amide bonds. The molecule has 3 rings (SSSR count). The van der Waals surface area contributed by atoms with Crippen LogP contribution in [-0.2, 0) is 4.79 Å². The minimum atomic E-state index is -0.0895. The minimum absolute atomic E-state index is 0.0543. The normalized spacial score (nSPS) is 21.2. The first-order valence-corrected chi connectivity index (χ1v) is 7.77. The lowest BCUT2D eigenvalue weighted by Crippen LogP contribution is -2.52. The number of likely N-dealkylation sites (tertiary alicyclic amines) is 1. The highest BCUT2D eigenvalue weighted by atomic mass is 16.2. The molecule has 1 aliphatic heterocycles. The Morgan fingerprint density at radius 3 is 3.17 bits per heavy atom. The average molecular weight is 312 g/mol. The number of rotatable bonds is 3. The van der Waals surface area contributed by atoms with Crippen LogP contribution in [0.5, 0.6) is 0 Å². The topological polar surface area (TPSA) is 77.5 Å². The number of piperidine rings is 1. The number of amides is 1. The zero-order valence-electron chi connectivity index (χ0n) is 13.4. The van der Waals surface area contributed by atoms with Crippen molar-refractivity contribution in [3.8, 4) is 6.07 Å². The van der Waals surface area contributed by atoms with Crippen molar-refractivity contribution in [1.29, 1.82) is 5.26 Å². The Bertz CT molecular complexity index is 748. The fourth-order valence-electron chi connectivity index (χ4n) is 3.24. The molecule has 0 N–H and O–H groups in total. The molecule has 1 saturated heterocycles. The molecule has 0 saturated carbocycles. The van der Waals surface area contributed by atoms with Gasteiger partial charge in [0.05, 0.1) is 12.1 Å². The first-order valence-electron chi connectivity index (χ1n) is 7.77. The summed E-state index contributed by atoms with van der Waals surface area (Å²) in [6, 6.07) is 6.03. The summed E-state index contributed by atoms with van der Waals surface area (Å²) in [5.41, 5.74) is 0.947. The summed E-state index contributed by atoms with van der Waals surface area (Å²) in [5.74, 6) is 1.21. The van der Waals surface area contributed by atoms with Gasteiger partial charge < -0.3 is 9.80 Å². The number of nitriles is 1. The second-order valence-electron chi connectivity index (χ2n) is 6.04. The molecular formula is C16H20N6O. The number of hydrogen-bond donors (Lipinski definition) is 0. The Hall–Kier alpha value is -2.62. The second kappa shape index (κ2) is 6.24. The molecule has 2 atom stereocenters. The number of nitrogens with zero attached hydrogens (tertiary/aromatic N) is 6. The van der Waals surface area contributed by atoms with Crippen LogP contribution in [0, 0.1) is 17.2 Å². The zero-order valence-corrected chi connectivity index (χ0v) is 13.4. The molecule has 0 aromatic carbocycles. The van der Waals surface area contributed by atoms with Gasteiger partial charge in [0, 0.05) is 26.3 Å². The van der Waals surface area contributed by atoms with E-state index in [9.17, 15) is 4.79 Å². The van der Waals surface area contributed by atoms with E-state index < -0.39 is 0 Å². The molecule has 7 nitrogen and oxygen atoms in total. The maximum absolute atomic E-state index is 12.0. The Morgan fingerprint density at radius 2 is 2.39 bits per heavy atom. The summed E-state index contributed by atoms with van der Waals surface area (Å²) in [7, 11) is 2.01. The summed E-state index contributed by atoms with van der Waals surface area (Å²) in [6.45, 7) is 3.54. The van der Waals surface area contributed by atoms with E-state index in [4.69, 9.17) is 5.26 Å². The molecule has 2 unspecified atom stereocenters. The van der Waals surface area contributed by atoms with Gasteiger partial charge in [-0.1, -0.05) is 6.92 Å². The zero-order chi connectivity index (χ0) is 16.4. The number of hydrogen-bond acceptors (Lipinski definition) is 5. The maximum atomic E-state index is 12.0. The van der Waals surface area contributed by atoms with Crippen molar-refractivity contribution < 1.29 is 4.79 Å². The molecular weight excluding hydrogens is 292 g/mol. The van der Waals surface area contributed by atoms with Crippen molar-refractivity contribution in [2.45, 2.75) is 25.8 Å². The Morgan fingerprint density at radius 1 is 1.57 bits per heavy atom. The van der Waals surface area contributed by atoms with Crippen LogP contribution in [0.2, 0.25) is 0 Å². The van der Waals surface area contributed by atoms with Crippen LogP contribution < -0.4 is 4.90 Å². The van der Waals surface area contributed by atoms with E-state index in [-0.39, 0.29) is 18.4 Å². The van der Waals surface area contributed by atoms with E-state index in [1.807, 2.05) is 31.4 Å². The fraction of sp³-hybridized carbons (Fsp3) is 0.500. The van der Waals surface area contributed by atoms with E-state index in [0.29, 0.717) is 12.5 Å². The molecule has 2 aromatic rings. The Balaban J connectivity index is 1.85. The maximum Gasteiger partial charge on any atom is 0.236 e. The van der Waals surface area contributed by atoms with Gasteiger partial charge in [-0.25, -0.2) is 9.50 Å². The lowest BCUT2D eigenvalue weighted by atomic mass is 9.92. The van der Waals surface area contributed by atoms with Gasteiger partial charge in [-0.05, 0) is 24.5 Å². The first kappa shape index (κ1) is 15.3. The molecule has 7 heteroatoms. The number of carbonyl (C=O) groups excluding carboxylic acids is 1. The minimum Gasteiger partial charge on any atom is -0.353 e. The summed E-state index contributed by atoms with van der Waals surface area (Å²) in [4.78, 5) is 20.4. The molecule has 3 heterocycles. The van der Waals surface area contributed by atoms with Crippen molar-refractivity contribution >= 4 is 17.2 Å². The summed E-state index contributed by atoms with van der Waals surface area (Å²) < 4.78 is 1.80. The SMILES string of the molecule is CC1CCN(C(=O)CC#N)CC1N(C)c1ncnn2cccc12. The van der Waals surface area contributed by atoms with E-state index in [1.54, 1.807) is 15.7 Å². The summed E-state index contributed by atoms with van der Waals surface area (Å²) >= 11 is 0. The molecule has 0 aliphatic carbocycles. The molecule has 23 heavy (non-hydrogen) atoms. The standard InChI is InChI=1S/C16H20N6O/c1-12-6-9-21(15(23)5-7-17)10-14(12)20(2)16-13-4-3-8-22(13)19-11-18-16/h3-4,8,11-12,14H,5-6,9-10H2,1-2H3. The number of aromatic nitrogens is 3. The van der Waals surface area contributed by atoms with E-state index in [0.717, 1.165) is 24.3 Å². The van der Waals surface area contributed by atoms with Crippen molar-refractivity contribution in [3.63, 3.8) is 0 Å². The third-order valence-electron chi connectivity index (χ3n) is 4.65. The van der Waals surface area contributed by atoms with Gasteiger partial charge in [-0.2, -0.15) is 10.4 Å². The third kappa shape index (κ3) is 2.84. The summed E-state index contributed by atoms with van der Waals surface area (Å²) in [5, 5.41) is 12.9. The van der Waals surface area contributed by atoms with Crippen molar-refractivity contribution in [2.24, 2.45) is 5.92 Å². The third-order valence-corrected chi connectivity index (χ3v) is 4.65. The van der Waals surface area contributed by atoms with Gasteiger partial charge in [0.2, 0.25) is 5.91 Å². The lowest BCUT2D eigenvalue weighted by molar-refractivity contribution is -0.131. The highest BCUT2D eigenvalue weighted by Crippen LogP contribution is 2.27. The predicted molar refractivity (Wildman–Crippen MR) is 85.8 cm³/mol. The van der Waals surface area contributed by atoms with Crippen LogP contribution in [0.25, 0.3) is 5.52 Å². The highest BCUT2D eigenvalue weighted by molar-refractivity contribution is 5.78. The van der Waals surface area contributed by atoms with Gasteiger partial charge in [-0.15, -0.1) is 0 Å². The predicted octanol–water partition coefficient (Wildman–Crippen LogP) is 1.32. The van der Waals surface area contributed by atoms with E-state index >= 15 is 0 Å². The highest BCUT2D eigenvalue weighted by Gasteiger charge is 2.32. The van der Waals surface area contributed by atoms with Gasteiger partial charge in [0.1, 0.15) is 18.3 Å². The Kier molecular flexibility index (Phi) is 4.15. The van der Waals surface area contributed by atoms with Gasteiger partial charge in [-0.3, -0.25) is 4.79 Å². The number of anilines is 1. The van der Waals surface area contributed by atoms with Crippen molar-refractivity contribution in [1.82, 2.24) is 19.5 Å². The van der Waals surface area contributed by atoms with Crippen LogP contribution in [0.15, 0.2) is 24.7 Å². The number of fused-ring (bicyclic) bond motifs is 1. The first-order chi connectivity index (χ1) is 11.1. The molecule has 0 radical (unpaired) electrons. The molecule has 0 spiro atoms. The van der Waals surface area contributed by atoms with Crippen LogP contribution >= 0.6 is 0 Å². The molecule has 120 valence electrons. The number of carbonyl (C=O) groups is 1. The molecule has 2 aromatic heterocycles. The smallest absolute Gasteiger partial charge is 0.236 e. The monoisotopic (exact) mass is 312 g/mol. The van der Waals surface area contributed by atoms with Crippen LogP contribution in [-0.4, -0.2) is 51.6 Å². The second-order valence-corrected chi connectivity index (χ2v) is 6.04. The van der Waals surface area contributed by atoms with Crippen LogP contribution in [0.3, 0.4) is 0 Å². The van der Waals surface area contributed by atoms with Gasteiger partial charge in [0.15, 0.2) is 5.82 Å². The quantitative estimate of drug-likeness (QED) is 0.854. The largest absolute Gasteiger partial charge is 0.353 e. The average Bonchev–Trinajstić information content (AvgIpc) is 3.03. The van der Waals surface area contributed by atoms with Gasteiger partial charge >= 0.3 is 0 Å². The van der Waals surface area contributed by atoms with Gasteiger partial charge in [0.25, 0.3) is 0 Å². The van der Waals surface area contributed by atoms with Crippen molar-refractivity contribution in [2.75, 3.05) is 25.0 Å². The lowest BCUT2D eigenvalue weighted by Gasteiger charge is -2.42. The molecule has 1 aliphatic rings. The molecule has 1 fully saturated rings. The van der Waals surface area contributed by atoms with E-state index in [2.05, 4.69) is 21.9 Å².